The van der Waals surface area contributed by atoms with Crippen LogP contribution in [0.25, 0.3) is 0 Å². The number of sulfonamides is 1. The Morgan fingerprint density at radius 3 is 2.95 bits per heavy atom. The van der Waals surface area contributed by atoms with Crippen LogP contribution in [0.2, 0.25) is 0 Å². The number of hydrogen-bond acceptors (Lipinski definition) is 7. The normalized spacial score (nSPS) is 15.6. The van der Waals surface area contributed by atoms with Crippen LogP contribution in [0.4, 0.5) is 0 Å². The summed E-state index contributed by atoms with van der Waals surface area (Å²) in [7, 11) is -3.52. The van der Waals surface area contributed by atoms with Gasteiger partial charge in [-0.3, -0.25) is 0 Å². The Labute approximate surface area is 120 Å². The maximum atomic E-state index is 12.1. The maximum Gasteiger partial charge on any atom is 0.250 e. The van der Waals surface area contributed by atoms with E-state index >= 15 is 0 Å². The van der Waals surface area contributed by atoms with Gasteiger partial charge in [0.1, 0.15) is 4.21 Å². The predicted octanol–water partition coefficient (Wildman–Crippen LogP) is 0.862. The molecule has 1 fully saturated rings. The molecule has 1 aliphatic rings. The van der Waals surface area contributed by atoms with Crippen molar-refractivity contribution in [2.24, 2.45) is 0 Å². The van der Waals surface area contributed by atoms with Crippen LogP contribution in [-0.2, 0) is 23.1 Å². The molecule has 0 spiro atoms. The molecule has 2 aromatic heterocycles. The predicted molar refractivity (Wildman–Crippen MR) is 72.5 cm³/mol. The van der Waals surface area contributed by atoms with Crippen LogP contribution in [0.1, 0.15) is 24.2 Å². The fourth-order valence-electron chi connectivity index (χ4n) is 1.64. The van der Waals surface area contributed by atoms with Crippen LogP contribution in [0.5, 0.6) is 0 Å². The Bertz CT molecular complexity index is 662. The van der Waals surface area contributed by atoms with Gasteiger partial charge in [0.25, 0.3) is 0 Å². The third kappa shape index (κ3) is 3.42. The molecule has 0 aliphatic heterocycles. The summed E-state index contributed by atoms with van der Waals surface area (Å²) in [4.78, 5) is 3.76. The Hall–Kier alpha value is -1.29. The third-order valence-corrected chi connectivity index (χ3v) is 5.78. The highest BCUT2D eigenvalue weighted by Gasteiger charge is 2.21. The van der Waals surface area contributed by atoms with Gasteiger partial charge in [0.15, 0.2) is 5.82 Å². The van der Waals surface area contributed by atoms with Gasteiger partial charge >= 0.3 is 0 Å². The number of nitrogens with zero attached hydrogens (tertiary/aromatic N) is 2. The zero-order valence-electron chi connectivity index (χ0n) is 10.6. The van der Waals surface area contributed by atoms with Gasteiger partial charge in [-0.25, -0.2) is 13.1 Å². The van der Waals surface area contributed by atoms with Gasteiger partial charge in [0.05, 0.1) is 6.54 Å². The van der Waals surface area contributed by atoms with Crippen molar-refractivity contribution in [2.45, 2.75) is 36.2 Å². The monoisotopic (exact) mass is 314 g/mol. The van der Waals surface area contributed by atoms with E-state index < -0.39 is 10.0 Å². The summed E-state index contributed by atoms with van der Waals surface area (Å²) < 4.78 is 31.5. The van der Waals surface area contributed by atoms with Crippen LogP contribution in [0.15, 0.2) is 26.6 Å². The summed E-state index contributed by atoms with van der Waals surface area (Å²) in [6, 6.07) is 2.30. The molecule has 0 bridgehead atoms. The number of rotatable bonds is 7. The van der Waals surface area contributed by atoms with Gasteiger partial charge in [-0.1, -0.05) is 5.16 Å². The van der Waals surface area contributed by atoms with E-state index in [2.05, 4.69) is 24.7 Å². The smallest absolute Gasteiger partial charge is 0.250 e. The summed E-state index contributed by atoms with van der Waals surface area (Å²) in [5.41, 5.74) is 0.988. The second-order valence-corrected chi connectivity index (χ2v) is 7.51. The van der Waals surface area contributed by atoms with Crippen molar-refractivity contribution in [3.8, 4) is 0 Å². The van der Waals surface area contributed by atoms with Crippen molar-refractivity contribution in [1.82, 2.24) is 20.2 Å². The van der Waals surface area contributed by atoms with E-state index in [1.54, 1.807) is 6.07 Å². The highest BCUT2D eigenvalue weighted by molar-refractivity contribution is 7.91. The van der Waals surface area contributed by atoms with Crippen LogP contribution in [-0.4, -0.2) is 24.6 Å². The zero-order valence-corrected chi connectivity index (χ0v) is 12.2. The quantitative estimate of drug-likeness (QED) is 0.787. The number of hydrogen-bond donors (Lipinski definition) is 2. The minimum absolute atomic E-state index is 0.0202. The second kappa shape index (κ2) is 5.60. The average Bonchev–Trinajstić information content (AvgIpc) is 2.94. The first-order valence-corrected chi connectivity index (χ1v) is 8.55. The lowest BCUT2D eigenvalue weighted by atomic mass is 10.3. The van der Waals surface area contributed by atoms with Crippen molar-refractivity contribution in [3.05, 3.63) is 29.2 Å². The summed E-state index contributed by atoms with van der Waals surface area (Å²) in [6.45, 7) is 0.730. The summed E-state index contributed by atoms with van der Waals surface area (Å²) in [5, 5.41) is 8.76. The molecule has 0 radical (unpaired) electrons. The summed E-state index contributed by atoms with van der Waals surface area (Å²) in [5.74, 6) is 0.306. The molecule has 0 aromatic carbocycles. The molecule has 0 atom stereocenters. The van der Waals surface area contributed by atoms with Crippen molar-refractivity contribution in [3.63, 3.8) is 0 Å². The van der Waals surface area contributed by atoms with E-state index in [-0.39, 0.29) is 6.54 Å². The van der Waals surface area contributed by atoms with Crippen LogP contribution < -0.4 is 10.0 Å². The minimum Gasteiger partial charge on any atom is -0.343 e. The molecule has 2 N–H and O–H groups in total. The van der Waals surface area contributed by atoms with Crippen LogP contribution in [0, 0.1) is 0 Å². The first-order chi connectivity index (χ1) is 9.63. The Kier molecular flexibility index (Phi) is 3.83. The zero-order chi connectivity index (χ0) is 14.0. The number of thiophene rings is 1. The first kappa shape index (κ1) is 13.7. The Morgan fingerprint density at radius 2 is 2.25 bits per heavy atom. The van der Waals surface area contributed by atoms with Gasteiger partial charge in [-0.15, -0.1) is 11.3 Å². The van der Waals surface area contributed by atoms with Crippen LogP contribution in [0.3, 0.4) is 0 Å². The summed E-state index contributed by atoms with van der Waals surface area (Å²) >= 11 is 1.21. The fourth-order valence-corrected chi connectivity index (χ4v) is 3.87. The van der Waals surface area contributed by atoms with E-state index in [1.165, 1.54) is 24.2 Å². The second-order valence-electron chi connectivity index (χ2n) is 4.60. The highest BCUT2D eigenvalue weighted by atomic mass is 32.2. The van der Waals surface area contributed by atoms with Crippen LogP contribution >= 0.6 is 11.3 Å². The molecule has 2 aromatic rings. The molecule has 2 heterocycles. The molecule has 20 heavy (non-hydrogen) atoms. The lowest BCUT2D eigenvalue weighted by molar-refractivity contribution is 0.409. The fraction of sp³-hybridized carbons (Fsp3) is 0.455. The van der Waals surface area contributed by atoms with E-state index in [9.17, 15) is 8.42 Å². The Morgan fingerprint density at radius 1 is 1.40 bits per heavy atom. The molecule has 0 saturated heterocycles. The lowest BCUT2D eigenvalue weighted by Crippen LogP contribution is -2.23. The van der Waals surface area contributed by atoms with Crippen molar-refractivity contribution < 1.29 is 12.9 Å². The van der Waals surface area contributed by atoms with Crippen molar-refractivity contribution >= 4 is 21.4 Å². The van der Waals surface area contributed by atoms with Crippen molar-refractivity contribution in [2.75, 3.05) is 0 Å². The first-order valence-electron chi connectivity index (χ1n) is 6.19. The molecular weight excluding hydrogens is 300 g/mol. The molecule has 1 aliphatic carbocycles. The molecule has 0 amide bonds. The van der Waals surface area contributed by atoms with E-state index in [1.807, 2.05) is 5.38 Å². The molecule has 1 saturated carbocycles. The summed E-state index contributed by atoms with van der Waals surface area (Å²) in [6.07, 6.45) is 3.58. The van der Waals surface area contributed by atoms with E-state index in [0.29, 0.717) is 22.6 Å². The Balaban J connectivity index is 1.61. The number of nitrogens with one attached hydrogen (secondary N) is 2. The molecule has 0 unspecified atom stereocenters. The van der Waals surface area contributed by atoms with Gasteiger partial charge in [-0.05, 0) is 29.9 Å². The van der Waals surface area contributed by atoms with Crippen molar-refractivity contribution in [1.29, 1.82) is 0 Å². The topological polar surface area (TPSA) is 97.1 Å². The third-order valence-electron chi connectivity index (χ3n) is 2.89. The molecule has 7 nitrogen and oxygen atoms in total. The SMILES string of the molecule is O=S(=O)(NCc1ncon1)c1cc(CNC2CC2)cs1. The lowest BCUT2D eigenvalue weighted by Gasteiger charge is -2.01. The van der Waals surface area contributed by atoms with Gasteiger partial charge < -0.3 is 9.84 Å². The van der Waals surface area contributed by atoms with E-state index in [4.69, 9.17) is 0 Å². The molecular formula is C11H14N4O3S2. The van der Waals surface area contributed by atoms with Gasteiger partial charge in [0, 0.05) is 12.6 Å². The largest absolute Gasteiger partial charge is 0.343 e. The molecule has 9 heteroatoms. The average molecular weight is 314 g/mol. The van der Waals surface area contributed by atoms with Gasteiger partial charge in [0.2, 0.25) is 16.4 Å². The minimum atomic E-state index is -3.52. The standard InChI is InChI=1S/C11H14N4O3S2/c16-20(17,14-5-10-13-7-18-15-10)11-3-8(6-19-11)4-12-9-1-2-9/h3,6-7,9,12,14H,1-2,4-5H2. The van der Waals surface area contributed by atoms with E-state index in [0.717, 1.165) is 12.0 Å². The highest BCUT2D eigenvalue weighted by Crippen LogP contribution is 2.23. The molecule has 108 valence electrons. The number of aromatic nitrogens is 2. The molecule has 3 rings (SSSR count). The van der Waals surface area contributed by atoms with Gasteiger partial charge in [-0.2, -0.15) is 4.98 Å². The maximum absolute atomic E-state index is 12.1.